The number of fused-ring (bicyclic) bond motifs is 1. The number of likely N-dealkylation sites (tertiary alicyclic amines) is 1. The minimum atomic E-state index is -0.420. The van der Waals surface area contributed by atoms with Crippen LogP contribution in [0, 0.1) is 0 Å². The molecule has 0 unspecified atom stereocenters. The van der Waals surface area contributed by atoms with Gasteiger partial charge in [-0.05, 0) is 83.5 Å². The quantitative estimate of drug-likeness (QED) is 0.437. The Bertz CT molecular complexity index is 1290. The van der Waals surface area contributed by atoms with E-state index in [1.807, 2.05) is 51.1 Å². The molecule has 0 aliphatic carbocycles. The Labute approximate surface area is 218 Å². The summed E-state index contributed by atoms with van der Waals surface area (Å²) < 4.78 is 12.8. The molecule has 0 saturated carbocycles. The van der Waals surface area contributed by atoms with Crippen molar-refractivity contribution in [2.75, 3.05) is 33.4 Å². The van der Waals surface area contributed by atoms with E-state index in [0.717, 1.165) is 13.0 Å². The molecule has 0 radical (unpaired) electrons. The van der Waals surface area contributed by atoms with Gasteiger partial charge in [0.25, 0.3) is 5.56 Å². The molecule has 2 aromatic carbocycles. The highest BCUT2D eigenvalue weighted by atomic mass is 16.5. The predicted molar refractivity (Wildman–Crippen MR) is 146 cm³/mol. The number of carbonyl (C=O) groups is 1. The van der Waals surface area contributed by atoms with E-state index in [4.69, 9.17) is 14.5 Å². The second kappa shape index (κ2) is 11.8. The first kappa shape index (κ1) is 26.7. The third kappa shape index (κ3) is 7.10. The number of methoxy groups -OCH3 is 1. The van der Waals surface area contributed by atoms with Gasteiger partial charge < -0.3 is 19.7 Å². The summed E-state index contributed by atoms with van der Waals surface area (Å²) in [5, 5.41) is 3.36. The number of hydrogen-bond donors (Lipinski definition) is 1. The van der Waals surface area contributed by atoms with Crippen LogP contribution in [0.2, 0.25) is 0 Å². The second-order valence-corrected chi connectivity index (χ2v) is 10.6. The van der Waals surface area contributed by atoms with Gasteiger partial charge >= 0.3 is 0 Å². The zero-order chi connectivity index (χ0) is 26.4. The average molecular weight is 507 g/mol. The van der Waals surface area contributed by atoms with Gasteiger partial charge in [-0.15, -0.1) is 0 Å². The number of nitrogens with one attached hydrogen (secondary N) is 1. The summed E-state index contributed by atoms with van der Waals surface area (Å²) in [5.74, 6) is 1.43. The summed E-state index contributed by atoms with van der Waals surface area (Å²) in [6.45, 7) is 9.51. The van der Waals surface area contributed by atoms with Gasteiger partial charge in [0.2, 0.25) is 5.91 Å². The molecule has 0 atom stereocenters. The molecule has 1 aliphatic rings. The van der Waals surface area contributed by atoms with Crippen LogP contribution in [-0.2, 0) is 11.3 Å². The Morgan fingerprint density at radius 2 is 1.84 bits per heavy atom. The summed E-state index contributed by atoms with van der Waals surface area (Å²) in [4.78, 5) is 33.8. The minimum Gasteiger partial charge on any atom is -0.497 e. The smallest absolute Gasteiger partial charge is 0.262 e. The van der Waals surface area contributed by atoms with Gasteiger partial charge in [-0.3, -0.25) is 14.2 Å². The molecule has 0 bridgehead atoms. The van der Waals surface area contributed by atoms with Gasteiger partial charge in [0, 0.05) is 17.6 Å². The summed E-state index contributed by atoms with van der Waals surface area (Å²) in [6.07, 6.45) is 4.81. The molecule has 1 saturated heterocycles. The number of carbonyl (C=O) groups excluding carboxylic acids is 1. The number of piperidine rings is 1. The maximum Gasteiger partial charge on any atom is 0.262 e. The molecular weight excluding hydrogens is 468 g/mol. The summed E-state index contributed by atoms with van der Waals surface area (Å²) in [6, 6.07) is 12.7. The largest absolute Gasteiger partial charge is 0.497 e. The summed E-state index contributed by atoms with van der Waals surface area (Å²) in [5.41, 5.74) is 0.539. The monoisotopic (exact) mass is 506 g/mol. The number of benzene rings is 2. The fourth-order valence-electron chi connectivity index (χ4n) is 4.68. The van der Waals surface area contributed by atoms with Crippen molar-refractivity contribution in [2.24, 2.45) is 0 Å². The number of aromatic nitrogens is 2. The van der Waals surface area contributed by atoms with E-state index in [1.54, 1.807) is 19.2 Å². The van der Waals surface area contributed by atoms with Crippen LogP contribution in [0.25, 0.3) is 22.3 Å². The molecule has 1 amide bonds. The molecule has 0 spiro atoms. The average Bonchev–Trinajstić information content (AvgIpc) is 2.88. The Kier molecular flexibility index (Phi) is 8.48. The fraction of sp³-hybridized carbons (Fsp3) is 0.483. The standard InChI is InChI=1S/C29H38N4O4/c1-29(2,3)31-26(34)20-33-27(21-10-8-11-22(18-21)36-4)30-25-13-12-23(19-24(25)28(33)35)37-17-9-16-32-14-6-5-7-15-32/h8,10-13,18-19H,5-7,9,14-17,20H2,1-4H3,(H,31,34). The highest BCUT2D eigenvalue weighted by Crippen LogP contribution is 2.25. The van der Waals surface area contributed by atoms with Crippen LogP contribution in [0.4, 0.5) is 0 Å². The van der Waals surface area contributed by atoms with Crippen molar-refractivity contribution in [2.45, 2.75) is 58.5 Å². The number of amides is 1. The van der Waals surface area contributed by atoms with Gasteiger partial charge in [0.1, 0.15) is 23.9 Å². The first-order valence-electron chi connectivity index (χ1n) is 13.1. The first-order chi connectivity index (χ1) is 17.7. The topological polar surface area (TPSA) is 85.7 Å². The van der Waals surface area contributed by atoms with Crippen molar-refractivity contribution < 1.29 is 14.3 Å². The molecule has 1 fully saturated rings. The van der Waals surface area contributed by atoms with E-state index in [-0.39, 0.29) is 18.0 Å². The molecule has 3 aromatic rings. The molecule has 4 rings (SSSR count). The van der Waals surface area contributed by atoms with Gasteiger partial charge in [0.05, 0.1) is 24.6 Å². The fourth-order valence-corrected chi connectivity index (χ4v) is 4.68. The zero-order valence-corrected chi connectivity index (χ0v) is 22.4. The number of ether oxygens (including phenoxy) is 2. The molecule has 8 nitrogen and oxygen atoms in total. The van der Waals surface area contributed by atoms with Crippen molar-refractivity contribution in [3.63, 3.8) is 0 Å². The Morgan fingerprint density at radius 1 is 1.05 bits per heavy atom. The number of hydrogen-bond acceptors (Lipinski definition) is 6. The van der Waals surface area contributed by atoms with Crippen LogP contribution in [0.3, 0.4) is 0 Å². The maximum absolute atomic E-state index is 13.7. The van der Waals surface area contributed by atoms with Crippen LogP contribution >= 0.6 is 0 Å². The normalized spacial score (nSPS) is 14.5. The SMILES string of the molecule is COc1cccc(-c2nc3ccc(OCCCN4CCCCC4)cc3c(=O)n2CC(=O)NC(C)(C)C)c1. The van der Waals surface area contributed by atoms with Crippen molar-refractivity contribution in [1.29, 1.82) is 0 Å². The molecule has 8 heteroatoms. The molecular formula is C29H38N4O4. The van der Waals surface area contributed by atoms with Crippen LogP contribution in [-0.4, -0.2) is 59.2 Å². The van der Waals surface area contributed by atoms with Gasteiger partial charge in [-0.2, -0.15) is 0 Å². The molecule has 1 aromatic heterocycles. The van der Waals surface area contributed by atoms with Crippen molar-refractivity contribution in [3.8, 4) is 22.9 Å². The third-order valence-electron chi connectivity index (χ3n) is 6.41. The van der Waals surface area contributed by atoms with Crippen LogP contribution in [0.5, 0.6) is 11.5 Å². The van der Waals surface area contributed by atoms with Crippen molar-refractivity contribution >= 4 is 16.8 Å². The molecule has 1 N–H and O–H groups in total. The molecule has 1 aliphatic heterocycles. The molecule has 198 valence electrons. The molecule has 2 heterocycles. The minimum absolute atomic E-state index is 0.146. The lowest BCUT2D eigenvalue weighted by Gasteiger charge is -2.26. The van der Waals surface area contributed by atoms with Crippen LogP contribution in [0.15, 0.2) is 47.3 Å². The van der Waals surface area contributed by atoms with Gasteiger partial charge in [0.15, 0.2) is 0 Å². The van der Waals surface area contributed by atoms with E-state index in [9.17, 15) is 9.59 Å². The lowest BCUT2D eigenvalue weighted by molar-refractivity contribution is -0.123. The lowest BCUT2D eigenvalue weighted by atomic mass is 10.1. The first-order valence-corrected chi connectivity index (χ1v) is 13.1. The van der Waals surface area contributed by atoms with E-state index >= 15 is 0 Å². The Hall–Kier alpha value is -3.39. The maximum atomic E-state index is 13.7. The van der Waals surface area contributed by atoms with Gasteiger partial charge in [-0.25, -0.2) is 4.98 Å². The van der Waals surface area contributed by atoms with E-state index in [0.29, 0.717) is 40.4 Å². The number of nitrogens with zero attached hydrogens (tertiary/aromatic N) is 3. The van der Waals surface area contributed by atoms with E-state index < -0.39 is 5.54 Å². The van der Waals surface area contributed by atoms with Crippen LogP contribution < -0.4 is 20.3 Å². The highest BCUT2D eigenvalue weighted by molar-refractivity contribution is 5.83. The second-order valence-electron chi connectivity index (χ2n) is 10.6. The Balaban J connectivity index is 1.62. The highest BCUT2D eigenvalue weighted by Gasteiger charge is 2.19. The van der Waals surface area contributed by atoms with E-state index in [1.165, 1.54) is 36.9 Å². The zero-order valence-electron chi connectivity index (χ0n) is 22.4. The summed E-state index contributed by atoms with van der Waals surface area (Å²) >= 11 is 0. The number of rotatable bonds is 9. The predicted octanol–water partition coefficient (Wildman–Crippen LogP) is 4.24. The summed E-state index contributed by atoms with van der Waals surface area (Å²) in [7, 11) is 1.59. The van der Waals surface area contributed by atoms with Crippen molar-refractivity contribution in [3.05, 3.63) is 52.8 Å². The lowest BCUT2D eigenvalue weighted by Crippen LogP contribution is -2.43. The Morgan fingerprint density at radius 3 is 2.57 bits per heavy atom. The molecule has 37 heavy (non-hydrogen) atoms. The third-order valence-corrected chi connectivity index (χ3v) is 6.41. The van der Waals surface area contributed by atoms with E-state index in [2.05, 4.69) is 10.2 Å². The van der Waals surface area contributed by atoms with Crippen molar-refractivity contribution in [1.82, 2.24) is 19.8 Å². The van der Waals surface area contributed by atoms with Gasteiger partial charge in [-0.1, -0.05) is 18.6 Å². The van der Waals surface area contributed by atoms with Crippen LogP contribution in [0.1, 0.15) is 46.5 Å².